The quantitative estimate of drug-likeness (QED) is 0.676. The highest BCUT2D eigenvalue weighted by Gasteiger charge is 2.21. The lowest BCUT2D eigenvalue weighted by Crippen LogP contribution is -2.33. The highest BCUT2D eigenvalue weighted by molar-refractivity contribution is 7.20. The molecule has 0 unspecified atom stereocenters. The molecule has 2 amide bonds. The van der Waals surface area contributed by atoms with E-state index in [1.165, 1.54) is 29.3 Å². The highest BCUT2D eigenvalue weighted by Crippen LogP contribution is 2.27. The standard InChI is InChI=1S/C16H13N3O6S/c1-8-11-14(17-7-19(2)15(11)22)26-12(8)16(23)25-6-10(20)18-13(21)9-4-3-5-24-9/h3-5,7H,6H2,1-2H3,(H,18,20,21). The molecule has 0 saturated heterocycles. The van der Waals surface area contributed by atoms with Crippen LogP contribution in [0.5, 0.6) is 0 Å². The molecule has 0 saturated carbocycles. The van der Waals surface area contributed by atoms with Gasteiger partial charge in [-0.2, -0.15) is 0 Å². The number of hydrogen-bond acceptors (Lipinski definition) is 8. The topological polar surface area (TPSA) is 120 Å². The number of thiophene rings is 1. The molecule has 26 heavy (non-hydrogen) atoms. The molecule has 134 valence electrons. The second kappa shape index (κ2) is 6.92. The molecule has 0 radical (unpaired) electrons. The summed E-state index contributed by atoms with van der Waals surface area (Å²) in [5.41, 5.74) is 0.167. The minimum atomic E-state index is -0.799. The predicted molar refractivity (Wildman–Crippen MR) is 91.1 cm³/mol. The van der Waals surface area contributed by atoms with Gasteiger partial charge in [0.05, 0.1) is 18.0 Å². The number of ether oxygens (including phenoxy) is 1. The minimum absolute atomic E-state index is 0.0352. The first-order chi connectivity index (χ1) is 12.4. The van der Waals surface area contributed by atoms with Gasteiger partial charge in [-0.15, -0.1) is 11.3 Å². The summed E-state index contributed by atoms with van der Waals surface area (Å²) in [5.74, 6) is -2.34. The fourth-order valence-electron chi connectivity index (χ4n) is 2.23. The third-order valence-corrected chi connectivity index (χ3v) is 4.71. The maximum atomic E-state index is 12.2. The first kappa shape index (κ1) is 17.5. The van der Waals surface area contributed by atoms with Crippen molar-refractivity contribution in [3.05, 3.63) is 51.3 Å². The van der Waals surface area contributed by atoms with Crippen LogP contribution in [0.1, 0.15) is 25.8 Å². The fraction of sp³-hybridized carbons (Fsp3) is 0.188. The zero-order chi connectivity index (χ0) is 18.8. The van der Waals surface area contributed by atoms with E-state index in [2.05, 4.69) is 4.98 Å². The largest absolute Gasteiger partial charge is 0.459 e. The first-order valence-electron chi connectivity index (χ1n) is 7.38. The van der Waals surface area contributed by atoms with Crippen molar-refractivity contribution >= 4 is 39.3 Å². The van der Waals surface area contributed by atoms with E-state index in [0.29, 0.717) is 15.8 Å². The van der Waals surface area contributed by atoms with Crippen molar-refractivity contribution in [1.29, 1.82) is 0 Å². The number of imide groups is 1. The Hall–Kier alpha value is -3.27. The Labute approximate surface area is 150 Å². The van der Waals surface area contributed by atoms with Crippen LogP contribution < -0.4 is 10.9 Å². The molecule has 3 aromatic rings. The van der Waals surface area contributed by atoms with E-state index in [9.17, 15) is 19.2 Å². The molecular weight excluding hydrogens is 362 g/mol. The van der Waals surface area contributed by atoms with Gasteiger partial charge in [0, 0.05) is 7.05 Å². The Morgan fingerprint density at radius 1 is 1.38 bits per heavy atom. The van der Waals surface area contributed by atoms with E-state index in [1.54, 1.807) is 14.0 Å². The van der Waals surface area contributed by atoms with Crippen LogP contribution >= 0.6 is 11.3 Å². The number of amides is 2. The van der Waals surface area contributed by atoms with Crippen LogP contribution in [-0.4, -0.2) is 33.9 Å². The average Bonchev–Trinajstić information content (AvgIpc) is 3.25. The van der Waals surface area contributed by atoms with Crippen molar-refractivity contribution in [2.45, 2.75) is 6.92 Å². The number of nitrogens with zero attached hydrogens (tertiary/aromatic N) is 2. The lowest BCUT2D eigenvalue weighted by atomic mass is 10.2. The van der Waals surface area contributed by atoms with Gasteiger partial charge in [0.1, 0.15) is 9.71 Å². The van der Waals surface area contributed by atoms with Crippen LogP contribution in [0.2, 0.25) is 0 Å². The summed E-state index contributed by atoms with van der Waals surface area (Å²) in [5, 5.41) is 2.37. The Balaban J connectivity index is 1.69. The SMILES string of the molecule is Cc1c(C(=O)OCC(=O)NC(=O)c2ccco2)sc2ncn(C)c(=O)c12. The number of rotatable bonds is 4. The number of hydrogen-bond donors (Lipinski definition) is 1. The lowest BCUT2D eigenvalue weighted by Gasteiger charge is -2.04. The molecule has 3 rings (SSSR count). The van der Waals surface area contributed by atoms with Crippen LogP contribution in [-0.2, 0) is 16.6 Å². The number of nitrogens with one attached hydrogen (secondary N) is 1. The van der Waals surface area contributed by atoms with Gasteiger partial charge >= 0.3 is 5.97 Å². The molecule has 0 bridgehead atoms. The van der Waals surface area contributed by atoms with Gasteiger partial charge in [-0.05, 0) is 24.6 Å². The Bertz CT molecular complexity index is 1060. The van der Waals surface area contributed by atoms with E-state index in [0.717, 1.165) is 11.3 Å². The molecule has 0 atom stereocenters. The highest BCUT2D eigenvalue weighted by atomic mass is 32.1. The molecule has 0 aliphatic carbocycles. The van der Waals surface area contributed by atoms with Crippen LogP contribution in [0.4, 0.5) is 0 Å². The van der Waals surface area contributed by atoms with Crippen molar-refractivity contribution in [1.82, 2.24) is 14.9 Å². The van der Waals surface area contributed by atoms with Gasteiger partial charge in [0.2, 0.25) is 0 Å². The second-order valence-electron chi connectivity index (χ2n) is 5.33. The molecule has 0 spiro atoms. The molecule has 0 aliphatic rings. The lowest BCUT2D eigenvalue weighted by molar-refractivity contribution is -0.123. The molecule has 1 N–H and O–H groups in total. The number of carbonyl (C=O) groups is 3. The monoisotopic (exact) mass is 375 g/mol. The van der Waals surface area contributed by atoms with E-state index < -0.39 is 24.4 Å². The number of fused-ring (bicyclic) bond motifs is 1. The van der Waals surface area contributed by atoms with Crippen LogP contribution in [0.25, 0.3) is 10.2 Å². The van der Waals surface area contributed by atoms with Gasteiger partial charge in [-0.3, -0.25) is 19.7 Å². The molecule has 10 heteroatoms. The predicted octanol–water partition coefficient (Wildman–Crippen LogP) is 1.01. The van der Waals surface area contributed by atoms with E-state index in [1.807, 2.05) is 5.32 Å². The summed E-state index contributed by atoms with van der Waals surface area (Å²) in [6.07, 6.45) is 2.66. The summed E-state index contributed by atoms with van der Waals surface area (Å²) < 4.78 is 11.1. The first-order valence-corrected chi connectivity index (χ1v) is 8.19. The third-order valence-electron chi connectivity index (χ3n) is 3.53. The molecule has 0 aromatic carbocycles. The molecule has 0 aliphatic heterocycles. The summed E-state index contributed by atoms with van der Waals surface area (Å²) in [6, 6.07) is 2.89. The number of esters is 1. The third kappa shape index (κ3) is 3.26. The molecule has 3 aromatic heterocycles. The zero-order valence-electron chi connectivity index (χ0n) is 13.8. The Kier molecular flexibility index (Phi) is 4.67. The van der Waals surface area contributed by atoms with E-state index >= 15 is 0 Å². The minimum Gasteiger partial charge on any atom is -0.459 e. The van der Waals surface area contributed by atoms with Gasteiger partial charge in [0.15, 0.2) is 12.4 Å². The van der Waals surface area contributed by atoms with Crippen molar-refractivity contribution < 1.29 is 23.5 Å². The van der Waals surface area contributed by atoms with Crippen LogP contribution in [0.15, 0.2) is 33.9 Å². The fourth-order valence-corrected chi connectivity index (χ4v) is 3.27. The molecule has 9 nitrogen and oxygen atoms in total. The maximum Gasteiger partial charge on any atom is 0.349 e. The Morgan fingerprint density at radius 3 is 2.85 bits per heavy atom. The number of furan rings is 1. The molecule has 3 heterocycles. The van der Waals surface area contributed by atoms with Crippen molar-refractivity contribution in [3.8, 4) is 0 Å². The van der Waals surface area contributed by atoms with Crippen LogP contribution in [0, 0.1) is 6.92 Å². The maximum absolute atomic E-state index is 12.2. The van der Waals surface area contributed by atoms with Crippen molar-refractivity contribution in [3.63, 3.8) is 0 Å². The van der Waals surface area contributed by atoms with E-state index in [4.69, 9.17) is 9.15 Å². The summed E-state index contributed by atoms with van der Waals surface area (Å²) in [6.45, 7) is 0.962. The van der Waals surface area contributed by atoms with E-state index in [-0.39, 0.29) is 16.2 Å². The average molecular weight is 375 g/mol. The number of carbonyl (C=O) groups excluding carboxylic acids is 3. The van der Waals surface area contributed by atoms with Gasteiger partial charge in [0.25, 0.3) is 17.4 Å². The van der Waals surface area contributed by atoms with Crippen molar-refractivity contribution in [2.75, 3.05) is 6.61 Å². The van der Waals surface area contributed by atoms with Crippen LogP contribution in [0.3, 0.4) is 0 Å². The summed E-state index contributed by atoms with van der Waals surface area (Å²) in [4.78, 5) is 52.5. The van der Waals surface area contributed by atoms with Gasteiger partial charge in [-0.1, -0.05) is 0 Å². The second-order valence-corrected chi connectivity index (χ2v) is 6.33. The molecular formula is C16H13N3O6S. The molecule has 0 fully saturated rings. The number of aryl methyl sites for hydroxylation is 2. The van der Waals surface area contributed by atoms with Gasteiger partial charge in [-0.25, -0.2) is 9.78 Å². The summed E-state index contributed by atoms with van der Waals surface area (Å²) >= 11 is 1.01. The number of aromatic nitrogens is 2. The normalized spacial score (nSPS) is 10.7. The Morgan fingerprint density at radius 2 is 2.15 bits per heavy atom. The van der Waals surface area contributed by atoms with Gasteiger partial charge < -0.3 is 13.7 Å². The zero-order valence-corrected chi connectivity index (χ0v) is 14.6. The van der Waals surface area contributed by atoms with Crippen molar-refractivity contribution in [2.24, 2.45) is 7.05 Å². The summed E-state index contributed by atoms with van der Waals surface area (Å²) in [7, 11) is 1.56. The smallest absolute Gasteiger partial charge is 0.349 e.